The van der Waals surface area contributed by atoms with Crippen molar-refractivity contribution in [3.8, 4) is 0 Å². The van der Waals surface area contributed by atoms with Gasteiger partial charge in [-0.15, -0.1) is 0 Å². The number of nitrogens with zero attached hydrogens (tertiary/aromatic N) is 1. The lowest BCUT2D eigenvalue weighted by atomic mass is 9.97. The van der Waals surface area contributed by atoms with Crippen molar-refractivity contribution in [3.05, 3.63) is 35.9 Å². The van der Waals surface area contributed by atoms with Gasteiger partial charge < -0.3 is 24.6 Å². The smallest absolute Gasteiger partial charge is 0.410 e. The van der Waals surface area contributed by atoms with Crippen LogP contribution in [-0.4, -0.2) is 73.2 Å². The highest BCUT2D eigenvalue weighted by molar-refractivity contribution is 6.76. The minimum absolute atomic E-state index is 0.0108. The number of alkyl carbamates (subject to hydrolysis) is 1. The van der Waals surface area contributed by atoms with Crippen LogP contribution in [0.1, 0.15) is 66.9 Å². The number of aliphatic hydroxyl groups excluding tert-OH is 1. The Morgan fingerprint density at radius 2 is 1.54 bits per heavy atom. The molecule has 9 nitrogen and oxygen atoms in total. The lowest BCUT2D eigenvalue weighted by molar-refractivity contribution is -0.150. The maximum absolute atomic E-state index is 13.5. The van der Waals surface area contributed by atoms with E-state index >= 15 is 0 Å². The van der Waals surface area contributed by atoms with E-state index in [9.17, 15) is 19.5 Å². The normalized spacial score (nSPS) is 14.3. The predicted octanol–water partition coefficient (Wildman–Crippen LogP) is 6.22. The van der Waals surface area contributed by atoms with Crippen molar-refractivity contribution in [1.29, 1.82) is 0 Å². The van der Waals surface area contributed by atoms with Crippen LogP contribution in [0.4, 0.5) is 9.59 Å². The molecule has 0 aliphatic heterocycles. The zero-order valence-electron chi connectivity index (χ0n) is 26.9. The van der Waals surface area contributed by atoms with Gasteiger partial charge in [-0.1, -0.05) is 77.7 Å². The van der Waals surface area contributed by atoms with Crippen LogP contribution in [0.3, 0.4) is 0 Å². The number of amides is 2. The number of esters is 1. The lowest BCUT2D eigenvalue weighted by Gasteiger charge is -2.35. The number of carbonyl (C=O) groups excluding carboxylic acids is 3. The summed E-state index contributed by atoms with van der Waals surface area (Å²) in [5.41, 5.74) is 0.0796. The van der Waals surface area contributed by atoms with Gasteiger partial charge in [0.15, 0.2) is 0 Å². The zero-order chi connectivity index (χ0) is 31.4. The second-order valence-corrected chi connectivity index (χ2v) is 19.4. The quantitative estimate of drug-likeness (QED) is 0.141. The Morgan fingerprint density at radius 1 is 0.951 bits per heavy atom. The fourth-order valence-corrected chi connectivity index (χ4v) is 4.80. The summed E-state index contributed by atoms with van der Waals surface area (Å²) in [6.07, 6.45) is -1.83. The first-order valence-corrected chi connectivity index (χ1v) is 18.4. The second kappa shape index (κ2) is 16.7. The summed E-state index contributed by atoms with van der Waals surface area (Å²) in [5.74, 6) is -0.347. The molecular weight excluding hydrogens is 540 g/mol. The third kappa shape index (κ3) is 15.8. The van der Waals surface area contributed by atoms with Crippen LogP contribution in [0.2, 0.25) is 25.7 Å². The molecule has 0 fully saturated rings. The number of carbonyl (C=O) groups is 3. The van der Waals surface area contributed by atoms with Gasteiger partial charge in [-0.05, 0) is 57.1 Å². The number of hydrogen-bond donors (Lipinski definition) is 2. The predicted molar refractivity (Wildman–Crippen MR) is 164 cm³/mol. The Kier molecular flexibility index (Phi) is 14.9. The van der Waals surface area contributed by atoms with Gasteiger partial charge in [-0.3, -0.25) is 4.90 Å². The lowest BCUT2D eigenvalue weighted by Crippen LogP contribution is -2.55. The minimum Gasteiger partial charge on any atom is -0.464 e. The van der Waals surface area contributed by atoms with E-state index in [0.29, 0.717) is 12.8 Å². The standard InChI is InChI=1S/C31H54N2O7Si/c1-22(2)18-25(32-29(36)40-31(5,6)7)27(34)20-33(30(37)39-21-24-14-12-11-13-15-24)26(19-23(3)4)28(35)38-16-17-41(8,9)10/h11-15,22-23,25-27,34H,16-21H2,1-10H3,(H,32,36)/t25-,26+,27?/m0/s1. The number of aliphatic hydroxyl groups is 1. The highest BCUT2D eigenvalue weighted by Gasteiger charge is 2.37. The van der Waals surface area contributed by atoms with Crippen LogP contribution in [0.5, 0.6) is 0 Å². The molecule has 2 N–H and O–H groups in total. The number of nitrogens with one attached hydrogen (secondary N) is 1. The fourth-order valence-electron chi connectivity index (χ4n) is 4.09. The molecule has 0 aliphatic carbocycles. The van der Waals surface area contributed by atoms with Crippen molar-refractivity contribution in [3.63, 3.8) is 0 Å². The average Bonchev–Trinajstić information content (AvgIpc) is 2.82. The zero-order valence-corrected chi connectivity index (χ0v) is 27.9. The van der Waals surface area contributed by atoms with Gasteiger partial charge in [-0.2, -0.15) is 0 Å². The fraction of sp³-hybridized carbons (Fsp3) is 0.710. The molecule has 0 aromatic heterocycles. The van der Waals surface area contributed by atoms with Crippen molar-refractivity contribution in [2.75, 3.05) is 13.2 Å². The molecule has 0 bridgehead atoms. The molecule has 2 amide bonds. The highest BCUT2D eigenvalue weighted by atomic mass is 28.3. The molecule has 1 aromatic rings. The molecule has 1 aromatic carbocycles. The Morgan fingerprint density at radius 3 is 2.05 bits per heavy atom. The van der Waals surface area contributed by atoms with Gasteiger partial charge in [0.2, 0.25) is 0 Å². The maximum atomic E-state index is 13.5. The molecule has 10 heteroatoms. The van der Waals surface area contributed by atoms with E-state index < -0.39 is 50.0 Å². The Bertz CT molecular complexity index is 942. The van der Waals surface area contributed by atoms with Crippen LogP contribution in [0.15, 0.2) is 30.3 Å². The summed E-state index contributed by atoms with van der Waals surface area (Å²) >= 11 is 0. The van der Waals surface area contributed by atoms with Crippen molar-refractivity contribution in [2.24, 2.45) is 11.8 Å². The summed E-state index contributed by atoms with van der Waals surface area (Å²) < 4.78 is 16.7. The third-order valence-corrected chi connectivity index (χ3v) is 7.86. The first kappa shape index (κ1) is 36.4. The summed E-state index contributed by atoms with van der Waals surface area (Å²) in [5, 5.41) is 14.2. The molecule has 0 aliphatic rings. The van der Waals surface area contributed by atoms with E-state index in [4.69, 9.17) is 14.2 Å². The van der Waals surface area contributed by atoms with Gasteiger partial charge in [0, 0.05) is 8.07 Å². The van der Waals surface area contributed by atoms with Crippen LogP contribution in [0.25, 0.3) is 0 Å². The van der Waals surface area contributed by atoms with Crippen LogP contribution in [0, 0.1) is 11.8 Å². The van der Waals surface area contributed by atoms with Gasteiger partial charge in [0.25, 0.3) is 0 Å². The van der Waals surface area contributed by atoms with Crippen LogP contribution >= 0.6 is 0 Å². The number of benzene rings is 1. The first-order valence-electron chi connectivity index (χ1n) is 14.7. The van der Waals surface area contributed by atoms with E-state index in [-0.39, 0.29) is 31.6 Å². The molecule has 41 heavy (non-hydrogen) atoms. The van der Waals surface area contributed by atoms with E-state index in [0.717, 1.165) is 11.6 Å². The maximum Gasteiger partial charge on any atom is 0.410 e. The van der Waals surface area contributed by atoms with Crippen molar-refractivity contribution >= 4 is 26.2 Å². The van der Waals surface area contributed by atoms with Crippen LogP contribution in [-0.2, 0) is 25.6 Å². The van der Waals surface area contributed by atoms with Crippen molar-refractivity contribution < 1.29 is 33.7 Å². The average molecular weight is 595 g/mol. The van der Waals surface area contributed by atoms with Gasteiger partial charge in [0.05, 0.1) is 25.3 Å². The molecule has 3 atom stereocenters. The molecular formula is C31H54N2O7Si. The Labute approximate surface area is 248 Å². The van der Waals surface area contributed by atoms with E-state index in [1.54, 1.807) is 20.8 Å². The molecule has 1 unspecified atom stereocenters. The monoisotopic (exact) mass is 594 g/mol. The molecule has 0 radical (unpaired) electrons. The SMILES string of the molecule is CC(C)C[C@H](NC(=O)OC(C)(C)C)C(O)CN(C(=O)OCc1ccccc1)[C@H](CC(C)C)C(=O)OCC[Si](C)(C)C. The topological polar surface area (TPSA) is 114 Å². The van der Waals surface area contributed by atoms with E-state index in [2.05, 4.69) is 25.0 Å². The van der Waals surface area contributed by atoms with Gasteiger partial charge in [-0.25, -0.2) is 14.4 Å². The van der Waals surface area contributed by atoms with Gasteiger partial charge in [0.1, 0.15) is 18.2 Å². The van der Waals surface area contributed by atoms with E-state index in [1.807, 2.05) is 58.0 Å². The molecule has 0 spiro atoms. The summed E-state index contributed by atoms with van der Waals surface area (Å²) in [4.78, 5) is 40.8. The number of ether oxygens (including phenoxy) is 3. The summed E-state index contributed by atoms with van der Waals surface area (Å²) in [6.45, 7) is 19.8. The Balaban J connectivity index is 3.28. The second-order valence-electron chi connectivity index (χ2n) is 13.8. The molecule has 0 saturated carbocycles. The highest BCUT2D eigenvalue weighted by Crippen LogP contribution is 2.20. The first-order chi connectivity index (χ1) is 18.9. The number of hydrogen-bond acceptors (Lipinski definition) is 7. The van der Waals surface area contributed by atoms with Crippen molar-refractivity contribution in [2.45, 2.75) is 117 Å². The summed E-state index contributed by atoms with van der Waals surface area (Å²) in [7, 11) is -1.45. The van der Waals surface area contributed by atoms with Crippen molar-refractivity contribution in [1.82, 2.24) is 10.2 Å². The third-order valence-electron chi connectivity index (χ3n) is 6.15. The number of rotatable bonds is 15. The summed E-state index contributed by atoms with van der Waals surface area (Å²) in [6, 6.07) is 8.35. The molecule has 0 heterocycles. The Hall–Kier alpha value is -2.59. The molecule has 234 valence electrons. The molecule has 0 saturated heterocycles. The van der Waals surface area contributed by atoms with Gasteiger partial charge >= 0.3 is 18.2 Å². The van der Waals surface area contributed by atoms with E-state index in [1.165, 1.54) is 4.90 Å². The largest absolute Gasteiger partial charge is 0.464 e. The minimum atomic E-state index is -1.45. The van der Waals surface area contributed by atoms with Crippen LogP contribution < -0.4 is 5.32 Å². The molecule has 1 rings (SSSR count).